The van der Waals surface area contributed by atoms with E-state index >= 15 is 0 Å². The Hall–Kier alpha value is -1.16. The lowest BCUT2D eigenvalue weighted by Gasteiger charge is -2.04. The van der Waals surface area contributed by atoms with E-state index in [2.05, 4.69) is 9.71 Å². The van der Waals surface area contributed by atoms with Gasteiger partial charge in [0, 0.05) is 18.1 Å². The molecule has 0 aliphatic carbocycles. The van der Waals surface area contributed by atoms with Crippen LogP contribution in [0.3, 0.4) is 0 Å². The maximum absolute atomic E-state index is 12.0. The summed E-state index contributed by atoms with van der Waals surface area (Å²) in [5, 5.41) is 9.82. The van der Waals surface area contributed by atoms with Crippen LogP contribution in [-0.2, 0) is 14.8 Å². The van der Waals surface area contributed by atoms with E-state index < -0.39 is 16.0 Å². The fraction of sp³-hybridized carbons (Fsp3) is 0.250. The van der Waals surface area contributed by atoms with Crippen molar-refractivity contribution >= 4 is 43.9 Å². The summed E-state index contributed by atoms with van der Waals surface area (Å²) in [7, 11) is -3.88. The molecule has 0 spiro atoms. The number of aliphatic carboxylic acids is 1. The molecule has 2 aromatic heterocycles. The molecule has 2 heterocycles. The SMILES string of the molecule is O=C(O)CCNS(=O)(=O)c1c(Cl)nc2sccn12. The van der Waals surface area contributed by atoms with Gasteiger partial charge in [-0.25, -0.2) is 18.1 Å². The fourth-order valence-electron chi connectivity index (χ4n) is 1.34. The third-order valence-electron chi connectivity index (χ3n) is 2.06. The van der Waals surface area contributed by atoms with Crippen LogP contribution in [0.2, 0.25) is 5.15 Å². The maximum atomic E-state index is 12.0. The summed E-state index contributed by atoms with van der Waals surface area (Å²) < 4.78 is 27.4. The smallest absolute Gasteiger partial charge is 0.304 e. The molecule has 0 aliphatic rings. The second-order valence-electron chi connectivity index (χ2n) is 3.30. The minimum absolute atomic E-state index is 0.135. The zero-order chi connectivity index (χ0) is 13.3. The summed E-state index contributed by atoms with van der Waals surface area (Å²) in [6.07, 6.45) is 1.23. The Kier molecular flexibility index (Phi) is 3.57. The highest BCUT2D eigenvalue weighted by molar-refractivity contribution is 7.89. The van der Waals surface area contributed by atoms with Crippen molar-refractivity contribution in [1.29, 1.82) is 0 Å². The standard InChI is InChI=1S/C8H8ClN3O4S2/c9-6-7(12-3-4-17-8(12)11-6)18(15,16)10-2-1-5(13)14/h3-4,10H,1-2H2,(H,13,14). The lowest BCUT2D eigenvalue weighted by atomic mass is 10.5. The third kappa shape index (κ3) is 2.48. The number of nitrogens with zero attached hydrogens (tertiary/aromatic N) is 2. The first-order chi connectivity index (χ1) is 8.42. The van der Waals surface area contributed by atoms with Gasteiger partial charge in [0.05, 0.1) is 6.42 Å². The first-order valence-corrected chi connectivity index (χ1v) is 7.48. The van der Waals surface area contributed by atoms with Crippen molar-refractivity contribution < 1.29 is 18.3 Å². The third-order valence-corrected chi connectivity index (χ3v) is 4.68. The summed E-state index contributed by atoms with van der Waals surface area (Å²) >= 11 is 7.02. The normalized spacial score (nSPS) is 12.1. The van der Waals surface area contributed by atoms with Gasteiger partial charge in [-0.2, -0.15) is 0 Å². The number of hydrogen-bond acceptors (Lipinski definition) is 5. The number of aromatic nitrogens is 2. The van der Waals surface area contributed by atoms with Crippen LogP contribution in [0.25, 0.3) is 4.96 Å². The van der Waals surface area contributed by atoms with Crippen LogP contribution in [0.1, 0.15) is 6.42 Å². The second-order valence-corrected chi connectivity index (χ2v) is 6.22. The van der Waals surface area contributed by atoms with Crippen LogP contribution in [0.5, 0.6) is 0 Å². The van der Waals surface area contributed by atoms with Gasteiger partial charge in [0.2, 0.25) is 0 Å². The highest BCUT2D eigenvalue weighted by atomic mass is 35.5. The van der Waals surface area contributed by atoms with Crippen molar-refractivity contribution in [2.75, 3.05) is 6.54 Å². The van der Waals surface area contributed by atoms with Crippen molar-refractivity contribution in [1.82, 2.24) is 14.1 Å². The minimum Gasteiger partial charge on any atom is -0.481 e. The number of imidazole rings is 1. The lowest BCUT2D eigenvalue weighted by Crippen LogP contribution is -2.27. The molecular weight excluding hydrogens is 302 g/mol. The first kappa shape index (κ1) is 13.3. The molecule has 2 N–H and O–H groups in total. The number of fused-ring (bicyclic) bond motifs is 1. The molecule has 0 saturated heterocycles. The van der Waals surface area contributed by atoms with Gasteiger partial charge in [0.15, 0.2) is 15.1 Å². The van der Waals surface area contributed by atoms with Crippen LogP contribution in [-0.4, -0.2) is 35.4 Å². The van der Waals surface area contributed by atoms with Gasteiger partial charge in [0.1, 0.15) is 0 Å². The van der Waals surface area contributed by atoms with E-state index in [9.17, 15) is 13.2 Å². The molecule has 0 radical (unpaired) electrons. The zero-order valence-electron chi connectivity index (χ0n) is 8.83. The van der Waals surface area contributed by atoms with Gasteiger partial charge < -0.3 is 5.11 Å². The van der Waals surface area contributed by atoms with Crippen LogP contribution >= 0.6 is 22.9 Å². The monoisotopic (exact) mass is 309 g/mol. The number of sulfonamides is 1. The number of carbonyl (C=O) groups is 1. The van der Waals surface area contributed by atoms with E-state index in [0.29, 0.717) is 4.96 Å². The van der Waals surface area contributed by atoms with Gasteiger partial charge in [-0.05, 0) is 0 Å². The Balaban J connectivity index is 2.31. The van der Waals surface area contributed by atoms with Crippen molar-refractivity contribution in [2.24, 2.45) is 0 Å². The molecular formula is C8H8ClN3O4S2. The molecule has 0 aliphatic heterocycles. The van der Waals surface area contributed by atoms with Crippen molar-refractivity contribution in [3.8, 4) is 0 Å². The van der Waals surface area contributed by atoms with Crippen LogP contribution in [0, 0.1) is 0 Å². The molecule has 0 fully saturated rings. The lowest BCUT2D eigenvalue weighted by molar-refractivity contribution is -0.136. The van der Waals surface area contributed by atoms with Crippen LogP contribution < -0.4 is 4.72 Å². The molecule has 0 amide bonds. The van der Waals surface area contributed by atoms with E-state index in [1.54, 1.807) is 5.38 Å². The highest BCUT2D eigenvalue weighted by Crippen LogP contribution is 2.24. The number of halogens is 1. The van der Waals surface area contributed by atoms with E-state index in [-0.39, 0.29) is 23.1 Å². The Morgan fingerprint density at radius 1 is 1.61 bits per heavy atom. The number of carboxylic acid groups (broad SMARTS) is 1. The largest absolute Gasteiger partial charge is 0.481 e. The maximum Gasteiger partial charge on any atom is 0.304 e. The topological polar surface area (TPSA) is 101 Å². The number of nitrogens with one attached hydrogen (secondary N) is 1. The Morgan fingerprint density at radius 3 is 3.00 bits per heavy atom. The number of thiazole rings is 1. The summed E-state index contributed by atoms with van der Waals surface area (Å²) in [5.41, 5.74) is 0. The molecule has 0 bridgehead atoms. The van der Waals surface area contributed by atoms with Crippen molar-refractivity contribution in [3.63, 3.8) is 0 Å². The molecule has 18 heavy (non-hydrogen) atoms. The summed E-state index contributed by atoms with van der Waals surface area (Å²) in [6, 6.07) is 0. The molecule has 10 heteroatoms. The molecule has 0 unspecified atom stereocenters. The van der Waals surface area contributed by atoms with E-state index in [1.165, 1.54) is 21.9 Å². The predicted octanol–water partition coefficient (Wildman–Crippen LogP) is 0.802. The summed E-state index contributed by atoms with van der Waals surface area (Å²) in [4.78, 5) is 14.7. The number of hydrogen-bond donors (Lipinski definition) is 2. The Bertz CT molecular complexity index is 690. The number of rotatable bonds is 5. The fourth-order valence-corrected chi connectivity index (χ4v) is 3.82. The minimum atomic E-state index is -3.88. The molecule has 0 saturated carbocycles. The highest BCUT2D eigenvalue weighted by Gasteiger charge is 2.24. The first-order valence-electron chi connectivity index (χ1n) is 4.74. The Labute approximate surface area is 111 Å². The van der Waals surface area contributed by atoms with Gasteiger partial charge in [-0.3, -0.25) is 9.20 Å². The molecule has 0 aromatic carbocycles. The molecule has 7 nitrogen and oxygen atoms in total. The van der Waals surface area contributed by atoms with Crippen LogP contribution in [0.4, 0.5) is 0 Å². The van der Waals surface area contributed by atoms with Crippen LogP contribution in [0.15, 0.2) is 16.6 Å². The van der Waals surface area contributed by atoms with Gasteiger partial charge in [-0.15, -0.1) is 11.3 Å². The molecule has 2 aromatic rings. The molecule has 0 atom stereocenters. The van der Waals surface area contributed by atoms with Crippen molar-refractivity contribution in [2.45, 2.75) is 11.4 Å². The molecule has 98 valence electrons. The molecule has 2 rings (SSSR count). The van der Waals surface area contributed by atoms with E-state index in [4.69, 9.17) is 16.7 Å². The average Bonchev–Trinajstić information content (AvgIpc) is 2.74. The summed E-state index contributed by atoms with van der Waals surface area (Å²) in [6.45, 7) is -0.203. The quantitative estimate of drug-likeness (QED) is 0.851. The Morgan fingerprint density at radius 2 is 2.33 bits per heavy atom. The van der Waals surface area contributed by atoms with E-state index in [0.717, 1.165) is 0 Å². The second kappa shape index (κ2) is 4.84. The summed E-state index contributed by atoms with van der Waals surface area (Å²) in [5.74, 6) is -1.09. The average molecular weight is 310 g/mol. The van der Waals surface area contributed by atoms with E-state index in [1.807, 2.05) is 0 Å². The van der Waals surface area contributed by atoms with Crippen molar-refractivity contribution in [3.05, 3.63) is 16.7 Å². The number of carboxylic acids is 1. The van der Waals surface area contributed by atoms with Gasteiger partial charge in [0.25, 0.3) is 10.0 Å². The zero-order valence-corrected chi connectivity index (χ0v) is 11.2. The predicted molar refractivity (Wildman–Crippen MR) is 65.5 cm³/mol. The van der Waals surface area contributed by atoms with Gasteiger partial charge >= 0.3 is 5.97 Å². The van der Waals surface area contributed by atoms with Gasteiger partial charge in [-0.1, -0.05) is 11.6 Å².